The number of alkyl halides is 2. The number of carboxylic acids is 1. The number of halogens is 3. The molecule has 1 N–H and O–H groups in total. The van der Waals surface area contributed by atoms with Crippen LogP contribution in [-0.4, -0.2) is 16.1 Å². The zero-order valence-corrected chi connectivity index (χ0v) is 8.55. The van der Waals surface area contributed by atoms with Crippen molar-refractivity contribution in [2.75, 3.05) is 0 Å². The molecule has 15 heavy (non-hydrogen) atoms. The van der Waals surface area contributed by atoms with E-state index >= 15 is 0 Å². The summed E-state index contributed by atoms with van der Waals surface area (Å²) in [6.45, 7) is 1.42. The molecule has 82 valence electrons. The molecule has 0 fully saturated rings. The fourth-order valence-corrected chi connectivity index (χ4v) is 1.34. The Kier molecular flexibility index (Phi) is 3.57. The predicted octanol–water partition coefficient (Wildman–Crippen LogP) is 2.61. The van der Waals surface area contributed by atoms with Gasteiger partial charge in [0, 0.05) is 5.56 Å². The van der Waals surface area contributed by atoms with E-state index in [1.54, 1.807) is 0 Å². The summed E-state index contributed by atoms with van der Waals surface area (Å²) in [5, 5.41) is 8.41. The summed E-state index contributed by atoms with van der Waals surface area (Å²) >= 11 is 5.61. The fourth-order valence-electron chi connectivity index (χ4n) is 1.12. The van der Waals surface area contributed by atoms with Crippen molar-refractivity contribution >= 4 is 17.6 Å². The molecule has 1 aromatic heterocycles. The summed E-state index contributed by atoms with van der Waals surface area (Å²) in [7, 11) is 0. The second-order valence-electron chi connectivity index (χ2n) is 2.99. The van der Waals surface area contributed by atoms with E-state index in [1.165, 1.54) is 6.92 Å². The first-order valence-electron chi connectivity index (χ1n) is 4.07. The van der Waals surface area contributed by atoms with E-state index in [-0.39, 0.29) is 22.0 Å². The van der Waals surface area contributed by atoms with E-state index < -0.39 is 18.8 Å². The maximum absolute atomic E-state index is 12.5. The number of hydrogen-bond donors (Lipinski definition) is 1. The highest BCUT2D eigenvalue weighted by atomic mass is 35.5. The smallest absolute Gasteiger partial charge is 0.309 e. The van der Waals surface area contributed by atoms with Crippen LogP contribution in [0.4, 0.5) is 8.78 Å². The number of nitrogens with zero attached hydrogens (tertiary/aromatic N) is 1. The first-order valence-corrected chi connectivity index (χ1v) is 4.45. The number of aliphatic carboxylic acids is 1. The van der Waals surface area contributed by atoms with Gasteiger partial charge < -0.3 is 5.11 Å². The third-order valence-corrected chi connectivity index (χ3v) is 2.24. The summed E-state index contributed by atoms with van der Waals surface area (Å²) in [4.78, 5) is 14.1. The minimum atomic E-state index is -2.68. The van der Waals surface area contributed by atoms with Gasteiger partial charge in [-0.05, 0) is 18.6 Å². The summed E-state index contributed by atoms with van der Waals surface area (Å²) in [6, 6.07) is 1.07. The third kappa shape index (κ3) is 2.86. The lowest BCUT2D eigenvalue weighted by atomic mass is 10.1. The Labute approximate surface area is 89.7 Å². The van der Waals surface area contributed by atoms with Gasteiger partial charge in [0.05, 0.1) is 12.1 Å². The van der Waals surface area contributed by atoms with Gasteiger partial charge in [0.2, 0.25) is 0 Å². The van der Waals surface area contributed by atoms with Crippen molar-refractivity contribution in [3.63, 3.8) is 0 Å². The molecule has 0 saturated heterocycles. The highest BCUT2D eigenvalue weighted by Gasteiger charge is 2.16. The number of carboxylic acid groups (broad SMARTS) is 1. The highest BCUT2D eigenvalue weighted by molar-refractivity contribution is 6.30. The zero-order chi connectivity index (χ0) is 11.6. The van der Waals surface area contributed by atoms with Gasteiger partial charge in [-0.1, -0.05) is 11.6 Å². The molecular formula is C9H8ClF2NO2. The van der Waals surface area contributed by atoms with Crippen LogP contribution in [0.5, 0.6) is 0 Å². The monoisotopic (exact) mass is 235 g/mol. The average molecular weight is 236 g/mol. The van der Waals surface area contributed by atoms with Crippen LogP contribution in [0.3, 0.4) is 0 Å². The maximum atomic E-state index is 12.5. The van der Waals surface area contributed by atoms with Crippen LogP contribution in [0.15, 0.2) is 6.07 Å². The zero-order valence-electron chi connectivity index (χ0n) is 7.80. The van der Waals surface area contributed by atoms with E-state index in [0.717, 1.165) is 6.07 Å². The molecule has 1 rings (SSSR count). The first kappa shape index (κ1) is 11.8. The molecule has 0 aliphatic rings. The topological polar surface area (TPSA) is 50.2 Å². The summed E-state index contributed by atoms with van der Waals surface area (Å²) in [5.41, 5.74) is -0.0551. The van der Waals surface area contributed by atoms with Crippen molar-refractivity contribution in [2.24, 2.45) is 0 Å². The van der Waals surface area contributed by atoms with Gasteiger partial charge in [-0.3, -0.25) is 4.79 Å². The Hall–Kier alpha value is -1.23. The second kappa shape index (κ2) is 4.53. The molecule has 6 heteroatoms. The van der Waals surface area contributed by atoms with Crippen LogP contribution in [0.25, 0.3) is 0 Å². The van der Waals surface area contributed by atoms with Gasteiger partial charge in [-0.15, -0.1) is 0 Å². The molecule has 0 atom stereocenters. The standard InChI is InChI=1S/C9H8ClF2NO2/c1-4-6(9(11)12)2-5(3-7(14)15)13-8(4)10/h2,9H,3H2,1H3,(H,14,15). The molecular weight excluding hydrogens is 228 g/mol. The predicted molar refractivity (Wildman–Crippen MR) is 50.3 cm³/mol. The quantitative estimate of drug-likeness (QED) is 0.820. The normalized spacial score (nSPS) is 10.7. The Balaban J connectivity index is 3.17. The highest BCUT2D eigenvalue weighted by Crippen LogP contribution is 2.27. The number of hydrogen-bond acceptors (Lipinski definition) is 2. The number of aromatic nitrogens is 1. The molecule has 0 aliphatic carbocycles. The van der Waals surface area contributed by atoms with Crippen LogP contribution >= 0.6 is 11.6 Å². The Bertz CT molecular complexity index is 396. The molecule has 0 aromatic carbocycles. The van der Waals surface area contributed by atoms with E-state index in [9.17, 15) is 13.6 Å². The minimum absolute atomic E-state index is 0.0356. The van der Waals surface area contributed by atoms with Crippen molar-refractivity contribution in [2.45, 2.75) is 19.8 Å². The Morgan fingerprint density at radius 3 is 2.73 bits per heavy atom. The van der Waals surface area contributed by atoms with Gasteiger partial charge in [-0.25, -0.2) is 13.8 Å². The van der Waals surface area contributed by atoms with Crippen molar-refractivity contribution in [1.82, 2.24) is 4.98 Å². The lowest BCUT2D eigenvalue weighted by Gasteiger charge is -2.08. The van der Waals surface area contributed by atoms with Crippen LogP contribution in [0, 0.1) is 6.92 Å². The van der Waals surface area contributed by atoms with Crippen molar-refractivity contribution in [3.05, 3.63) is 28.0 Å². The van der Waals surface area contributed by atoms with Gasteiger partial charge in [-0.2, -0.15) is 0 Å². The van der Waals surface area contributed by atoms with Crippen LogP contribution in [0.1, 0.15) is 23.2 Å². The number of pyridine rings is 1. The van der Waals surface area contributed by atoms with Gasteiger partial charge >= 0.3 is 5.97 Å². The molecule has 0 aliphatic heterocycles. The van der Waals surface area contributed by atoms with Gasteiger partial charge in [0.25, 0.3) is 6.43 Å². The number of rotatable bonds is 3. The molecule has 0 spiro atoms. The van der Waals surface area contributed by atoms with Crippen molar-refractivity contribution in [1.29, 1.82) is 0 Å². The first-order chi connectivity index (χ1) is 6.91. The Morgan fingerprint density at radius 2 is 2.27 bits per heavy atom. The van der Waals surface area contributed by atoms with Gasteiger partial charge in [0.1, 0.15) is 5.15 Å². The largest absolute Gasteiger partial charge is 0.481 e. The molecule has 0 bridgehead atoms. The SMILES string of the molecule is Cc1c(C(F)F)cc(CC(=O)O)nc1Cl. The molecule has 3 nitrogen and oxygen atoms in total. The molecule has 1 heterocycles. The van der Waals surface area contributed by atoms with Crippen LogP contribution in [0.2, 0.25) is 5.15 Å². The average Bonchev–Trinajstić information content (AvgIpc) is 2.09. The molecule has 0 saturated carbocycles. The van der Waals surface area contributed by atoms with Crippen LogP contribution in [-0.2, 0) is 11.2 Å². The van der Waals surface area contributed by atoms with Crippen LogP contribution < -0.4 is 0 Å². The van der Waals surface area contributed by atoms with Crippen molar-refractivity contribution < 1.29 is 18.7 Å². The van der Waals surface area contributed by atoms with E-state index in [4.69, 9.17) is 16.7 Å². The minimum Gasteiger partial charge on any atom is -0.481 e. The number of carbonyl (C=O) groups is 1. The fraction of sp³-hybridized carbons (Fsp3) is 0.333. The lowest BCUT2D eigenvalue weighted by molar-refractivity contribution is -0.136. The maximum Gasteiger partial charge on any atom is 0.309 e. The third-order valence-electron chi connectivity index (χ3n) is 1.87. The summed E-state index contributed by atoms with van der Waals surface area (Å²) in [6.07, 6.45) is -3.10. The van der Waals surface area contributed by atoms with Gasteiger partial charge in [0.15, 0.2) is 0 Å². The van der Waals surface area contributed by atoms with E-state index in [0.29, 0.717) is 0 Å². The molecule has 0 amide bonds. The van der Waals surface area contributed by atoms with Crippen molar-refractivity contribution in [3.8, 4) is 0 Å². The molecule has 0 unspecified atom stereocenters. The molecule has 0 radical (unpaired) electrons. The summed E-state index contributed by atoms with van der Waals surface area (Å²) < 4.78 is 25.0. The lowest BCUT2D eigenvalue weighted by Crippen LogP contribution is -2.05. The van der Waals surface area contributed by atoms with E-state index in [1.807, 2.05) is 0 Å². The Morgan fingerprint density at radius 1 is 1.67 bits per heavy atom. The van der Waals surface area contributed by atoms with E-state index in [2.05, 4.69) is 4.98 Å². The molecule has 1 aromatic rings. The second-order valence-corrected chi connectivity index (χ2v) is 3.35. The summed E-state index contributed by atoms with van der Waals surface area (Å²) in [5.74, 6) is -1.14.